The Hall–Kier alpha value is -2.30. The van der Waals surface area contributed by atoms with Crippen LogP contribution in [0.15, 0.2) is 35.1 Å². The van der Waals surface area contributed by atoms with Gasteiger partial charge in [-0.15, -0.1) is 0 Å². The number of amides is 1. The largest absolute Gasteiger partial charge is 0.412 e. The van der Waals surface area contributed by atoms with Crippen LogP contribution >= 0.6 is 0 Å². The summed E-state index contributed by atoms with van der Waals surface area (Å²) in [5.41, 5.74) is 0.511. The van der Waals surface area contributed by atoms with Gasteiger partial charge in [-0.3, -0.25) is 4.79 Å². The Morgan fingerprint density at radius 3 is 2.83 bits per heavy atom. The Morgan fingerprint density at radius 1 is 1.39 bits per heavy atom. The maximum absolute atomic E-state index is 11.7. The minimum absolute atomic E-state index is 0.215. The number of aromatic nitrogens is 1. The standard InChI is InChI=1S/C13H14N2O3/c1-3-14-13(17)18-11-8-12(16)15(2)10-7-5-4-6-9(10)11/h4-8H,3H2,1-2H3,(H,14,17). The summed E-state index contributed by atoms with van der Waals surface area (Å²) in [6.07, 6.45) is -0.559. The average Bonchev–Trinajstić information content (AvgIpc) is 2.36. The van der Waals surface area contributed by atoms with Crippen molar-refractivity contribution in [2.75, 3.05) is 6.54 Å². The lowest BCUT2D eigenvalue weighted by Gasteiger charge is -2.10. The fraction of sp³-hybridized carbons (Fsp3) is 0.231. The molecule has 1 N–H and O–H groups in total. The lowest BCUT2D eigenvalue weighted by atomic mass is 10.2. The molecule has 0 fully saturated rings. The van der Waals surface area contributed by atoms with Crippen LogP contribution in [0.5, 0.6) is 5.75 Å². The first-order chi connectivity index (χ1) is 8.63. The normalized spacial score (nSPS) is 10.3. The minimum Gasteiger partial charge on any atom is -0.409 e. The van der Waals surface area contributed by atoms with E-state index in [2.05, 4.69) is 5.32 Å². The average molecular weight is 246 g/mol. The molecule has 1 amide bonds. The molecule has 5 heteroatoms. The van der Waals surface area contributed by atoms with Gasteiger partial charge in [-0.1, -0.05) is 12.1 Å². The molecule has 2 rings (SSSR count). The number of nitrogens with zero attached hydrogens (tertiary/aromatic N) is 1. The third-order valence-electron chi connectivity index (χ3n) is 2.64. The van der Waals surface area contributed by atoms with Crippen LogP contribution in [0.2, 0.25) is 0 Å². The van der Waals surface area contributed by atoms with Gasteiger partial charge in [-0.2, -0.15) is 0 Å². The maximum Gasteiger partial charge on any atom is 0.412 e. The van der Waals surface area contributed by atoms with Crippen molar-refractivity contribution in [1.82, 2.24) is 9.88 Å². The van der Waals surface area contributed by atoms with Gasteiger partial charge in [-0.25, -0.2) is 4.79 Å². The third-order valence-corrected chi connectivity index (χ3v) is 2.64. The quantitative estimate of drug-likeness (QED) is 0.876. The van der Waals surface area contributed by atoms with Gasteiger partial charge in [0.1, 0.15) is 5.75 Å². The summed E-state index contributed by atoms with van der Waals surface area (Å²) in [6.45, 7) is 2.27. The topological polar surface area (TPSA) is 60.3 Å². The summed E-state index contributed by atoms with van der Waals surface area (Å²) in [6, 6.07) is 8.59. The van der Waals surface area contributed by atoms with Crippen molar-refractivity contribution in [3.63, 3.8) is 0 Å². The molecule has 1 aromatic carbocycles. The molecule has 0 aliphatic rings. The second-order valence-electron chi connectivity index (χ2n) is 3.84. The fourth-order valence-corrected chi connectivity index (χ4v) is 1.74. The molecular weight excluding hydrogens is 232 g/mol. The Labute approximate surface area is 104 Å². The first-order valence-electron chi connectivity index (χ1n) is 5.68. The molecule has 0 bridgehead atoms. The maximum atomic E-state index is 11.7. The zero-order chi connectivity index (χ0) is 13.1. The van der Waals surface area contributed by atoms with Gasteiger partial charge in [0, 0.05) is 25.0 Å². The van der Waals surface area contributed by atoms with E-state index >= 15 is 0 Å². The van der Waals surface area contributed by atoms with Crippen LogP contribution in [-0.4, -0.2) is 17.2 Å². The van der Waals surface area contributed by atoms with E-state index in [1.165, 1.54) is 10.6 Å². The number of ether oxygens (including phenoxy) is 1. The molecule has 0 saturated carbocycles. The zero-order valence-corrected chi connectivity index (χ0v) is 10.3. The molecule has 0 saturated heterocycles. The van der Waals surface area contributed by atoms with Gasteiger partial charge < -0.3 is 14.6 Å². The molecule has 1 aromatic heterocycles. The first kappa shape index (κ1) is 12.2. The van der Waals surface area contributed by atoms with Crippen LogP contribution in [0, 0.1) is 0 Å². The summed E-state index contributed by atoms with van der Waals surface area (Å²) < 4.78 is 6.65. The lowest BCUT2D eigenvalue weighted by Crippen LogP contribution is -2.27. The number of fused-ring (bicyclic) bond motifs is 1. The van der Waals surface area contributed by atoms with E-state index in [1.807, 2.05) is 18.2 Å². The molecule has 0 unspecified atom stereocenters. The Bertz CT molecular complexity index is 646. The molecule has 0 radical (unpaired) electrons. The number of nitrogens with one attached hydrogen (secondary N) is 1. The minimum atomic E-state index is -0.559. The summed E-state index contributed by atoms with van der Waals surface area (Å²) in [4.78, 5) is 23.2. The molecule has 0 aliphatic heterocycles. The van der Waals surface area contributed by atoms with Crippen molar-refractivity contribution in [2.45, 2.75) is 6.92 Å². The Kier molecular flexibility index (Phi) is 3.32. The predicted molar refractivity (Wildman–Crippen MR) is 68.9 cm³/mol. The van der Waals surface area contributed by atoms with E-state index in [0.29, 0.717) is 6.54 Å². The summed E-state index contributed by atoms with van der Waals surface area (Å²) >= 11 is 0. The molecule has 0 aliphatic carbocycles. The Morgan fingerprint density at radius 2 is 2.11 bits per heavy atom. The van der Waals surface area contributed by atoms with Crippen LogP contribution in [-0.2, 0) is 7.05 Å². The molecule has 94 valence electrons. The van der Waals surface area contributed by atoms with Crippen LogP contribution in [0.4, 0.5) is 4.79 Å². The number of pyridine rings is 1. The van der Waals surface area contributed by atoms with Crippen LogP contribution in [0.3, 0.4) is 0 Å². The van der Waals surface area contributed by atoms with E-state index in [-0.39, 0.29) is 11.3 Å². The number of carbonyl (C=O) groups is 1. The first-order valence-corrected chi connectivity index (χ1v) is 5.68. The van der Waals surface area contributed by atoms with Crippen LogP contribution in [0.25, 0.3) is 10.9 Å². The molecule has 0 atom stereocenters. The number of rotatable bonds is 2. The molecule has 2 aromatic rings. The number of aryl methyl sites for hydroxylation is 1. The molecular formula is C13H14N2O3. The summed E-state index contributed by atoms with van der Waals surface area (Å²) in [5, 5.41) is 3.25. The van der Waals surface area contributed by atoms with Crippen molar-refractivity contribution >= 4 is 17.0 Å². The highest BCUT2D eigenvalue weighted by atomic mass is 16.6. The highest BCUT2D eigenvalue weighted by Crippen LogP contribution is 2.22. The molecule has 1 heterocycles. The van der Waals surface area contributed by atoms with Gasteiger partial charge in [0.05, 0.1) is 5.52 Å². The van der Waals surface area contributed by atoms with Crippen molar-refractivity contribution in [3.05, 3.63) is 40.7 Å². The summed E-state index contributed by atoms with van der Waals surface area (Å²) in [7, 11) is 1.68. The van der Waals surface area contributed by atoms with Crippen molar-refractivity contribution < 1.29 is 9.53 Å². The number of hydrogen-bond donors (Lipinski definition) is 1. The van der Waals surface area contributed by atoms with E-state index in [1.54, 1.807) is 20.0 Å². The second-order valence-corrected chi connectivity index (χ2v) is 3.84. The fourth-order valence-electron chi connectivity index (χ4n) is 1.74. The predicted octanol–water partition coefficient (Wildman–Crippen LogP) is 1.65. The van der Waals surface area contributed by atoms with Crippen molar-refractivity contribution in [3.8, 4) is 5.75 Å². The monoisotopic (exact) mass is 246 g/mol. The number of hydrogen-bond acceptors (Lipinski definition) is 3. The van der Waals surface area contributed by atoms with Gasteiger partial charge >= 0.3 is 6.09 Å². The highest BCUT2D eigenvalue weighted by Gasteiger charge is 2.10. The van der Waals surface area contributed by atoms with E-state index in [4.69, 9.17) is 4.74 Å². The van der Waals surface area contributed by atoms with Gasteiger partial charge in [-0.05, 0) is 19.1 Å². The number of carbonyl (C=O) groups excluding carboxylic acids is 1. The molecule has 0 spiro atoms. The van der Waals surface area contributed by atoms with Gasteiger partial charge in [0.15, 0.2) is 0 Å². The molecule has 18 heavy (non-hydrogen) atoms. The van der Waals surface area contributed by atoms with Crippen molar-refractivity contribution in [1.29, 1.82) is 0 Å². The molecule has 5 nitrogen and oxygen atoms in total. The van der Waals surface area contributed by atoms with Crippen molar-refractivity contribution in [2.24, 2.45) is 7.05 Å². The van der Waals surface area contributed by atoms with E-state index in [0.717, 1.165) is 10.9 Å². The third kappa shape index (κ3) is 2.20. The smallest absolute Gasteiger partial charge is 0.409 e. The van der Waals surface area contributed by atoms with Gasteiger partial charge in [0.25, 0.3) is 5.56 Å². The number of benzene rings is 1. The number of para-hydroxylation sites is 1. The zero-order valence-electron chi connectivity index (χ0n) is 10.3. The van der Waals surface area contributed by atoms with Crippen LogP contribution in [0.1, 0.15) is 6.92 Å². The second kappa shape index (κ2) is 4.91. The van der Waals surface area contributed by atoms with E-state index in [9.17, 15) is 9.59 Å². The Balaban J connectivity index is 2.54. The highest BCUT2D eigenvalue weighted by molar-refractivity contribution is 5.87. The van der Waals surface area contributed by atoms with Crippen LogP contribution < -0.4 is 15.6 Å². The summed E-state index contributed by atoms with van der Waals surface area (Å²) in [5.74, 6) is 0.277. The lowest BCUT2D eigenvalue weighted by molar-refractivity contribution is 0.201. The SMILES string of the molecule is CCNC(=O)Oc1cc(=O)n(C)c2ccccc12. The van der Waals surface area contributed by atoms with Gasteiger partial charge in [0.2, 0.25) is 0 Å². The van der Waals surface area contributed by atoms with E-state index < -0.39 is 6.09 Å².